The second-order valence-corrected chi connectivity index (χ2v) is 3.19. The zero-order valence-corrected chi connectivity index (χ0v) is 8.80. The summed E-state index contributed by atoms with van der Waals surface area (Å²) in [6.07, 6.45) is 0. The van der Waals surface area contributed by atoms with Crippen LogP contribution in [-0.4, -0.2) is 11.0 Å². The van der Waals surface area contributed by atoms with Crippen LogP contribution in [0, 0.1) is 4.91 Å². The minimum absolute atomic E-state index is 0.284. The van der Waals surface area contributed by atoms with Crippen molar-refractivity contribution >= 4 is 5.91 Å². The van der Waals surface area contributed by atoms with Crippen molar-refractivity contribution in [3.8, 4) is 0 Å². The Labute approximate surface area is 92.8 Å². The predicted molar refractivity (Wildman–Crippen MR) is 59.4 cm³/mol. The van der Waals surface area contributed by atoms with Crippen molar-refractivity contribution in [3.63, 3.8) is 0 Å². The van der Waals surface area contributed by atoms with E-state index in [2.05, 4.69) is 10.5 Å². The lowest BCUT2D eigenvalue weighted by Crippen LogP contribution is -2.24. The summed E-state index contributed by atoms with van der Waals surface area (Å²) in [7, 11) is 0. The second-order valence-electron chi connectivity index (χ2n) is 3.19. The smallest absolute Gasteiger partial charge is 0.277 e. The first-order valence-electron chi connectivity index (χ1n) is 4.70. The molecule has 0 bridgehead atoms. The van der Waals surface area contributed by atoms with Crippen LogP contribution in [0.3, 0.4) is 0 Å². The maximum Gasteiger partial charge on any atom is 0.277 e. The number of nitrogens with one attached hydrogen (secondary N) is 1. The van der Waals surface area contributed by atoms with Crippen molar-refractivity contribution in [3.05, 3.63) is 52.3 Å². The highest BCUT2D eigenvalue weighted by Gasteiger charge is 2.12. The van der Waals surface area contributed by atoms with E-state index in [9.17, 15) is 9.70 Å². The monoisotopic (exact) mass is 220 g/mol. The summed E-state index contributed by atoms with van der Waals surface area (Å²) in [5, 5.41) is 14.0. The van der Waals surface area contributed by atoms with Gasteiger partial charge in [0.1, 0.15) is 5.76 Å². The van der Waals surface area contributed by atoms with Crippen molar-refractivity contribution in [2.24, 2.45) is 5.18 Å². The Morgan fingerprint density at radius 3 is 2.50 bits per heavy atom. The number of benzene rings is 1. The lowest BCUT2D eigenvalue weighted by atomic mass is 10.2. The number of hydrogen-bond acceptors (Lipinski definition) is 4. The van der Waals surface area contributed by atoms with Crippen LogP contribution in [0.4, 0.5) is 0 Å². The van der Waals surface area contributed by atoms with Crippen LogP contribution in [-0.2, 0) is 11.3 Å². The third kappa shape index (κ3) is 3.20. The van der Waals surface area contributed by atoms with E-state index in [4.69, 9.17) is 5.11 Å². The molecule has 0 saturated heterocycles. The molecule has 0 atom stereocenters. The van der Waals surface area contributed by atoms with Gasteiger partial charge in [0.2, 0.25) is 5.70 Å². The van der Waals surface area contributed by atoms with E-state index in [1.165, 1.54) is 6.92 Å². The van der Waals surface area contributed by atoms with Crippen LogP contribution in [0.15, 0.2) is 47.0 Å². The molecular weight excluding hydrogens is 208 g/mol. The van der Waals surface area contributed by atoms with Crippen molar-refractivity contribution in [1.29, 1.82) is 0 Å². The third-order valence-electron chi connectivity index (χ3n) is 1.94. The topological polar surface area (TPSA) is 78.8 Å². The van der Waals surface area contributed by atoms with Gasteiger partial charge in [-0.25, -0.2) is 0 Å². The maximum atomic E-state index is 11.4. The van der Waals surface area contributed by atoms with Crippen LogP contribution in [0.25, 0.3) is 0 Å². The number of aliphatic hydroxyl groups is 1. The lowest BCUT2D eigenvalue weighted by molar-refractivity contribution is -0.117. The fraction of sp³-hybridized carbons (Fsp3) is 0.182. The minimum Gasteiger partial charge on any atom is -0.510 e. The summed E-state index contributed by atoms with van der Waals surface area (Å²) in [5.41, 5.74) is 0.410. The van der Waals surface area contributed by atoms with Gasteiger partial charge in [0.15, 0.2) is 0 Å². The summed E-state index contributed by atoms with van der Waals surface area (Å²) < 4.78 is 0. The number of nitroso groups, excluding NO2 is 1. The van der Waals surface area contributed by atoms with Crippen LogP contribution in [0.2, 0.25) is 0 Å². The second kappa shape index (κ2) is 5.65. The molecule has 1 aromatic rings. The summed E-state index contributed by atoms with van der Waals surface area (Å²) in [6.45, 7) is 1.52. The molecule has 84 valence electrons. The van der Waals surface area contributed by atoms with Gasteiger partial charge < -0.3 is 10.4 Å². The zero-order chi connectivity index (χ0) is 12.0. The molecule has 0 unspecified atom stereocenters. The highest BCUT2D eigenvalue weighted by atomic mass is 16.3. The Morgan fingerprint density at radius 1 is 1.38 bits per heavy atom. The van der Waals surface area contributed by atoms with Gasteiger partial charge in [0.05, 0.1) is 0 Å². The number of aliphatic hydroxyl groups excluding tert-OH is 1. The van der Waals surface area contributed by atoms with Gasteiger partial charge in [0.25, 0.3) is 5.91 Å². The maximum absolute atomic E-state index is 11.4. The number of rotatable bonds is 4. The number of amides is 1. The number of hydrogen-bond donors (Lipinski definition) is 2. The van der Waals surface area contributed by atoms with E-state index in [0.29, 0.717) is 0 Å². The van der Waals surface area contributed by atoms with Gasteiger partial charge in [-0.2, -0.15) is 0 Å². The van der Waals surface area contributed by atoms with Crippen molar-refractivity contribution in [2.45, 2.75) is 13.5 Å². The molecule has 0 aliphatic heterocycles. The fourth-order valence-electron chi connectivity index (χ4n) is 1.13. The molecule has 5 nitrogen and oxygen atoms in total. The largest absolute Gasteiger partial charge is 0.510 e. The Kier molecular flexibility index (Phi) is 4.20. The van der Waals surface area contributed by atoms with E-state index in [1.807, 2.05) is 30.3 Å². The quantitative estimate of drug-likeness (QED) is 0.461. The summed E-state index contributed by atoms with van der Waals surface area (Å²) in [6, 6.07) is 9.22. The van der Waals surface area contributed by atoms with Gasteiger partial charge >= 0.3 is 0 Å². The molecule has 0 aromatic heterocycles. The molecule has 1 amide bonds. The first-order chi connectivity index (χ1) is 7.65. The highest BCUT2D eigenvalue weighted by molar-refractivity contribution is 5.93. The molecule has 1 rings (SSSR count). The zero-order valence-electron chi connectivity index (χ0n) is 8.80. The number of allylic oxidation sites excluding steroid dienone is 1. The Morgan fingerprint density at radius 2 is 2.00 bits per heavy atom. The van der Waals surface area contributed by atoms with Gasteiger partial charge in [-0.05, 0) is 17.7 Å². The first-order valence-corrected chi connectivity index (χ1v) is 4.70. The van der Waals surface area contributed by atoms with Crippen LogP contribution < -0.4 is 5.32 Å². The molecule has 1 aromatic carbocycles. The number of carbonyl (C=O) groups is 1. The lowest BCUT2D eigenvalue weighted by Gasteiger charge is -2.04. The van der Waals surface area contributed by atoms with Crippen LogP contribution in [0.1, 0.15) is 12.5 Å². The molecule has 0 spiro atoms. The Hall–Kier alpha value is -2.17. The Balaban J connectivity index is 2.60. The molecular formula is C11H12N2O3. The average molecular weight is 220 g/mol. The van der Waals surface area contributed by atoms with E-state index in [1.54, 1.807) is 0 Å². The van der Waals surface area contributed by atoms with E-state index < -0.39 is 11.6 Å². The normalized spacial score (nSPS) is 11.6. The van der Waals surface area contributed by atoms with Gasteiger partial charge in [-0.15, -0.1) is 4.91 Å². The number of carbonyl (C=O) groups excluding carboxylic acids is 1. The van der Waals surface area contributed by atoms with Crippen molar-refractivity contribution < 1.29 is 9.90 Å². The average Bonchev–Trinajstić information content (AvgIpc) is 2.28. The SMILES string of the molecule is C/C(O)=C(/N=O)C(=O)NCc1ccccc1. The first kappa shape index (κ1) is 11.9. The molecule has 0 aliphatic carbocycles. The molecule has 0 fully saturated rings. The third-order valence-corrected chi connectivity index (χ3v) is 1.94. The predicted octanol–water partition coefficient (Wildman–Crippen LogP) is 1.86. The molecule has 0 saturated carbocycles. The summed E-state index contributed by atoms with van der Waals surface area (Å²) >= 11 is 0. The summed E-state index contributed by atoms with van der Waals surface area (Å²) in [5.74, 6) is -1.07. The van der Waals surface area contributed by atoms with Crippen molar-refractivity contribution in [2.75, 3.05) is 0 Å². The van der Waals surface area contributed by atoms with Gasteiger partial charge in [0, 0.05) is 6.54 Å². The van der Waals surface area contributed by atoms with E-state index in [0.717, 1.165) is 5.56 Å². The molecule has 5 heteroatoms. The molecule has 0 heterocycles. The highest BCUT2D eigenvalue weighted by Crippen LogP contribution is 2.03. The van der Waals surface area contributed by atoms with E-state index >= 15 is 0 Å². The molecule has 0 radical (unpaired) electrons. The molecule has 16 heavy (non-hydrogen) atoms. The van der Waals surface area contributed by atoms with Crippen LogP contribution >= 0.6 is 0 Å². The number of nitrogens with zero attached hydrogens (tertiary/aromatic N) is 1. The summed E-state index contributed by atoms with van der Waals surface area (Å²) in [4.78, 5) is 21.6. The van der Waals surface area contributed by atoms with Crippen LogP contribution in [0.5, 0.6) is 0 Å². The Bertz CT molecular complexity index is 408. The molecule has 2 N–H and O–H groups in total. The minimum atomic E-state index is -0.682. The standard InChI is InChI=1S/C11H12N2O3/c1-8(14)10(13-16)11(15)12-7-9-5-3-2-4-6-9/h2-6,14H,7H2,1H3,(H,12,15)/b10-8-. The van der Waals surface area contributed by atoms with Gasteiger partial charge in [-0.3, -0.25) is 4.79 Å². The van der Waals surface area contributed by atoms with E-state index in [-0.39, 0.29) is 12.3 Å². The fourth-order valence-corrected chi connectivity index (χ4v) is 1.13. The van der Waals surface area contributed by atoms with Gasteiger partial charge in [-0.1, -0.05) is 30.3 Å². The molecule has 0 aliphatic rings. The van der Waals surface area contributed by atoms with Crippen molar-refractivity contribution in [1.82, 2.24) is 5.32 Å².